The summed E-state index contributed by atoms with van der Waals surface area (Å²) in [6.07, 6.45) is 4.91. The second-order valence-corrected chi connectivity index (χ2v) is 5.27. The SMILES string of the molecule is CC(N)CCCCN1CCc2ccccc2C1. The molecular weight excluding hydrogens is 208 g/mol. The van der Waals surface area contributed by atoms with E-state index in [1.807, 2.05) is 0 Å². The van der Waals surface area contributed by atoms with Gasteiger partial charge >= 0.3 is 0 Å². The Labute approximate surface area is 105 Å². The molecule has 0 aromatic heterocycles. The van der Waals surface area contributed by atoms with Gasteiger partial charge in [0.25, 0.3) is 0 Å². The lowest BCUT2D eigenvalue weighted by molar-refractivity contribution is 0.247. The summed E-state index contributed by atoms with van der Waals surface area (Å²) in [5.41, 5.74) is 8.82. The summed E-state index contributed by atoms with van der Waals surface area (Å²) in [5, 5.41) is 0. The van der Waals surface area contributed by atoms with Crippen LogP contribution in [0.1, 0.15) is 37.3 Å². The van der Waals surface area contributed by atoms with Crippen molar-refractivity contribution in [3.8, 4) is 0 Å². The number of benzene rings is 1. The normalized spacial score (nSPS) is 17.8. The molecule has 0 spiro atoms. The first-order valence-electron chi connectivity index (χ1n) is 6.80. The Kier molecular flexibility index (Phi) is 4.57. The molecular formula is C15H24N2. The van der Waals surface area contributed by atoms with Gasteiger partial charge in [0.05, 0.1) is 0 Å². The highest BCUT2D eigenvalue weighted by Crippen LogP contribution is 2.18. The standard InChI is InChI=1S/C15H24N2/c1-13(16)6-4-5-10-17-11-9-14-7-2-3-8-15(14)12-17/h2-3,7-8,13H,4-6,9-12,16H2,1H3. The topological polar surface area (TPSA) is 29.3 Å². The molecule has 0 radical (unpaired) electrons. The fraction of sp³-hybridized carbons (Fsp3) is 0.600. The highest BCUT2D eigenvalue weighted by atomic mass is 15.1. The summed E-state index contributed by atoms with van der Waals surface area (Å²) < 4.78 is 0. The van der Waals surface area contributed by atoms with Gasteiger partial charge in [0, 0.05) is 19.1 Å². The molecule has 1 heterocycles. The summed E-state index contributed by atoms with van der Waals surface area (Å²) in [6, 6.07) is 9.19. The van der Waals surface area contributed by atoms with Crippen LogP contribution in [-0.4, -0.2) is 24.0 Å². The van der Waals surface area contributed by atoms with Gasteiger partial charge < -0.3 is 5.73 Å². The summed E-state index contributed by atoms with van der Waals surface area (Å²) in [4.78, 5) is 2.57. The van der Waals surface area contributed by atoms with Gasteiger partial charge in [0.15, 0.2) is 0 Å². The van der Waals surface area contributed by atoms with E-state index in [0.29, 0.717) is 6.04 Å². The monoisotopic (exact) mass is 232 g/mol. The lowest BCUT2D eigenvalue weighted by Crippen LogP contribution is -2.31. The Hall–Kier alpha value is -0.860. The van der Waals surface area contributed by atoms with Crippen LogP contribution in [0.25, 0.3) is 0 Å². The van der Waals surface area contributed by atoms with E-state index in [-0.39, 0.29) is 0 Å². The Balaban J connectivity index is 1.75. The lowest BCUT2D eigenvalue weighted by atomic mass is 9.99. The van der Waals surface area contributed by atoms with Gasteiger partial charge in [0.2, 0.25) is 0 Å². The molecule has 2 nitrogen and oxygen atoms in total. The Bertz CT molecular complexity index is 347. The number of fused-ring (bicyclic) bond motifs is 1. The van der Waals surface area contributed by atoms with Crippen molar-refractivity contribution in [1.29, 1.82) is 0 Å². The summed E-state index contributed by atoms with van der Waals surface area (Å²) in [6.45, 7) is 5.67. The van der Waals surface area contributed by atoms with Crippen LogP contribution >= 0.6 is 0 Å². The average molecular weight is 232 g/mol. The van der Waals surface area contributed by atoms with Crippen LogP contribution in [0.4, 0.5) is 0 Å². The molecule has 0 aliphatic carbocycles. The van der Waals surface area contributed by atoms with E-state index in [0.717, 1.165) is 13.0 Å². The van der Waals surface area contributed by atoms with Crippen LogP contribution in [0.2, 0.25) is 0 Å². The molecule has 1 atom stereocenters. The Morgan fingerprint density at radius 1 is 1.24 bits per heavy atom. The fourth-order valence-electron chi connectivity index (χ4n) is 2.55. The highest BCUT2D eigenvalue weighted by Gasteiger charge is 2.14. The maximum Gasteiger partial charge on any atom is 0.0236 e. The van der Waals surface area contributed by atoms with Gasteiger partial charge in [-0.1, -0.05) is 30.7 Å². The number of unbranched alkanes of at least 4 members (excludes halogenated alkanes) is 1. The molecule has 2 heteroatoms. The quantitative estimate of drug-likeness (QED) is 0.791. The summed E-state index contributed by atoms with van der Waals surface area (Å²) in [7, 11) is 0. The van der Waals surface area contributed by atoms with E-state index in [2.05, 4.69) is 36.1 Å². The number of hydrogen-bond acceptors (Lipinski definition) is 2. The minimum Gasteiger partial charge on any atom is -0.328 e. The summed E-state index contributed by atoms with van der Waals surface area (Å²) >= 11 is 0. The molecule has 1 aliphatic heterocycles. The van der Waals surface area contributed by atoms with Crippen molar-refractivity contribution in [2.45, 2.75) is 45.2 Å². The van der Waals surface area contributed by atoms with Crippen molar-refractivity contribution in [3.63, 3.8) is 0 Å². The molecule has 2 N–H and O–H groups in total. The van der Waals surface area contributed by atoms with Crippen molar-refractivity contribution in [2.24, 2.45) is 5.73 Å². The third-order valence-electron chi connectivity index (χ3n) is 3.59. The zero-order valence-corrected chi connectivity index (χ0v) is 10.9. The highest BCUT2D eigenvalue weighted by molar-refractivity contribution is 5.28. The van der Waals surface area contributed by atoms with Gasteiger partial charge in [-0.15, -0.1) is 0 Å². The molecule has 0 saturated carbocycles. The van der Waals surface area contributed by atoms with Gasteiger partial charge in [0.1, 0.15) is 0 Å². The third kappa shape index (κ3) is 3.83. The smallest absolute Gasteiger partial charge is 0.0236 e. The van der Waals surface area contributed by atoms with Crippen molar-refractivity contribution < 1.29 is 0 Å². The van der Waals surface area contributed by atoms with Crippen LogP contribution < -0.4 is 5.73 Å². The van der Waals surface area contributed by atoms with Crippen molar-refractivity contribution in [1.82, 2.24) is 4.90 Å². The average Bonchev–Trinajstić information content (AvgIpc) is 2.34. The van der Waals surface area contributed by atoms with Crippen LogP contribution in [-0.2, 0) is 13.0 Å². The molecule has 0 bridgehead atoms. The third-order valence-corrected chi connectivity index (χ3v) is 3.59. The second kappa shape index (κ2) is 6.18. The maximum atomic E-state index is 5.76. The lowest BCUT2D eigenvalue weighted by Gasteiger charge is -2.28. The van der Waals surface area contributed by atoms with E-state index >= 15 is 0 Å². The maximum absolute atomic E-state index is 5.76. The minimum absolute atomic E-state index is 0.358. The predicted octanol–water partition coefficient (Wildman–Crippen LogP) is 2.56. The second-order valence-electron chi connectivity index (χ2n) is 5.27. The molecule has 1 aliphatic rings. The molecule has 94 valence electrons. The molecule has 2 rings (SSSR count). The summed E-state index contributed by atoms with van der Waals surface area (Å²) in [5.74, 6) is 0. The van der Waals surface area contributed by atoms with Crippen LogP contribution in [0.15, 0.2) is 24.3 Å². The zero-order valence-electron chi connectivity index (χ0n) is 10.9. The largest absolute Gasteiger partial charge is 0.328 e. The number of hydrogen-bond donors (Lipinski definition) is 1. The van der Waals surface area contributed by atoms with Gasteiger partial charge in [-0.25, -0.2) is 0 Å². The molecule has 0 amide bonds. The van der Waals surface area contributed by atoms with E-state index in [1.54, 1.807) is 5.56 Å². The Morgan fingerprint density at radius 2 is 2.00 bits per heavy atom. The van der Waals surface area contributed by atoms with Crippen molar-refractivity contribution in [2.75, 3.05) is 13.1 Å². The number of nitrogens with zero attached hydrogens (tertiary/aromatic N) is 1. The van der Waals surface area contributed by atoms with Gasteiger partial charge in [-0.3, -0.25) is 4.90 Å². The van der Waals surface area contributed by atoms with Crippen molar-refractivity contribution in [3.05, 3.63) is 35.4 Å². The van der Waals surface area contributed by atoms with Gasteiger partial charge in [-0.2, -0.15) is 0 Å². The molecule has 0 fully saturated rings. The molecule has 0 saturated heterocycles. The Morgan fingerprint density at radius 3 is 2.76 bits per heavy atom. The fourth-order valence-corrected chi connectivity index (χ4v) is 2.55. The molecule has 1 aromatic rings. The van der Waals surface area contributed by atoms with Gasteiger partial charge in [-0.05, 0) is 43.9 Å². The first kappa shape index (κ1) is 12.6. The van der Waals surface area contributed by atoms with E-state index in [4.69, 9.17) is 5.73 Å². The number of rotatable bonds is 5. The first-order chi connectivity index (χ1) is 8.25. The minimum atomic E-state index is 0.358. The number of nitrogens with two attached hydrogens (primary N) is 1. The van der Waals surface area contributed by atoms with Crippen LogP contribution in [0.3, 0.4) is 0 Å². The predicted molar refractivity (Wildman–Crippen MR) is 72.9 cm³/mol. The van der Waals surface area contributed by atoms with E-state index in [9.17, 15) is 0 Å². The molecule has 17 heavy (non-hydrogen) atoms. The molecule has 1 aromatic carbocycles. The van der Waals surface area contributed by atoms with E-state index in [1.165, 1.54) is 37.9 Å². The van der Waals surface area contributed by atoms with Crippen molar-refractivity contribution >= 4 is 0 Å². The first-order valence-corrected chi connectivity index (χ1v) is 6.80. The van der Waals surface area contributed by atoms with E-state index < -0.39 is 0 Å². The zero-order chi connectivity index (χ0) is 12.1. The van der Waals surface area contributed by atoms with Crippen LogP contribution in [0, 0.1) is 0 Å². The van der Waals surface area contributed by atoms with Crippen LogP contribution in [0.5, 0.6) is 0 Å². The molecule has 1 unspecified atom stereocenters.